The van der Waals surface area contributed by atoms with Crippen LogP contribution in [0.15, 0.2) is 30.6 Å². The molecule has 0 saturated carbocycles. The number of carbonyl (C=O) groups excluding carboxylic acids is 1. The summed E-state index contributed by atoms with van der Waals surface area (Å²) >= 11 is 5.80. The van der Waals surface area contributed by atoms with Crippen molar-refractivity contribution in [3.8, 4) is 5.75 Å². The molecule has 0 aliphatic rings. The summed E-state index contributed by atoms with van der Waals surface area (Å²) in [5.41, 5.74) is 1.39. The molecule has 0 spiro atoms. The van der Waals surface area contributed by atoms with Gasteiger partial charge in [0.1, 0.15) is 29.7 Å². The molecule has 1 aromatic carbocycles. The van der Waals surface area contributed by atoms with Crippen LogP contribution in [0.25, 0.3) is 0 Å². The molecular formula is C14H14ClN3O2. The monoisotopic (exact) mass is 291 g/mol. The number of hydrogen-bond donors (Lipinski definition) is 1. The van der Waals surface area contributed by atoms with Crippen molar-refractivity contribution in [1.29, 1.82) is 0 Å². The van der Waals surface area contributed by atoms with Gasteiger partial charge in [-0.25, -0.2) is 9.97 Å². The van der Waals surface area contributed by atoms with Gasteiger partial charge in [0.25, 0.3) is 0 Å². The zero-order valence-corrected chi connectivity index (χ0v) is 11.7. The van der Waals surface area contributed by atoms with Crippen LogP contribution in [-0.2, 0) is 0 Å². The normalized spacial score (nSPS) is 10.1. The fourth-order valence-electron chi connectivity index (χ4n) is 1.66. The van der Waals surface area contributed by atoms with Crippen molar-refractivity contribution < 1.29 is 9.53 Å². The number of halogens is 1. The molecule has 2 aromatic rings. The van der Waals surface area contributed by atoms with Crippen LogP contribution >= 0.6 is 11.6 Å². The van der Waals surface area contributed by atoms with E-state index in [0.717, 1.165) is 11.3 Å². The van der Waals surface area contributed by atoms with Crippen LogP contribution in [0.1, 0.15) is 15.9 Å². The summed E-state index contributed by atoms with van der Waals surface area (Å²) in [6.07, 6.45) is 1.94. The molecule has 5 nitrogen and oxygen atoms in total. The molecule has 0 bridgehead atoms. The smallest absolute Gasteiger partial charge is 0.156 e. The van der Waals surface area contributed by atoms with Crippen molar-refractivity contribution in [2.75, 3.05) is 18.5 Å². The minimum Gasteiger partial charge on any atom is -0.492 e. The molecule has 1 aromatic heterocycles. The molecule has 0 aliphatic heterocycles. The van der Waals surface area contributed by atoms with Gasteiger partial charge in [-0.05, 0) is 24.6 Å². The molecule has 0 atom stereocenters. The van der Waals surface area contributed by atoms with Gasteiger partial charge in [0.05, 0.1) is 12.1 Å². The van der Waals surface area contributed by atoms with Crippen LogP contribution in [0.2, 0.25) is 5.15 Å². The van der Waals surface area contributed by atoms with Gasteiger partial charge in [-0.1, -0.05) is 23.7 Å². The van der Waals surface area contributed by atoms with Crippen molar-refractivity contribution in [2.24, 2.45) is 0 Å². The SMILES string of the molecule is Cc1cccc(OCCNc2ncnc(Cl)c2C=O)c1. The minimum atomic E-state index is 0.136. The Balaban J connectivity index is 1.87. The van der Waals surface area contributed by atoms with E-state index in [1.54, 1.807) is 0 Å². The third-order valence-corrected chi connectivity index (χ3v) is 2.91. The van der Waals surface area contributed by atoms with Crippen LogP contribution in [-0.4, -0.2) is 29.4 Å². The maximum atomic E-state index is 10.9. The highest BCUT2D eigenvalue weighted by Crippen LogP contribution is 2.17. The number of carbonyl (C=O) groups is 1. The van der Waals surface area contributed by atoms with Crippen LogP contribution < -0.4 is 10.1 Å². The summed E-state index contributed by atoms with van der Waals surface area (Å²) in [6.45, 7) is 2.95. The first-order valence-corrected chi connectivity index (χ1v) is 6.47. The largest absolute Gasteiger partial charge is 0.492 e. The van der Waals surface area contributed by atoms with Gasteiger partial charge in [-0.15, -0.1) is 0 Å². The first-order valence-electron chi connectivity index (χ1n) is 6.09. The highest BCUT2D eigenvalue weighted by Gasteiger charge is 2.08. The van der Waals surface area contributed by atoms with Gasteiger partial charge in [0, 0.05) is 0 Å². The second kappa shape index (κ2) is 6.86. The standard InChI is InChI=1S/C14H14ClN3O2/c1-10-3-2-4-11(7-10)20-6-5-16-14-12(8-19)13(15)17-9-18-14/h2-4,7-9H,5-6H2,1H3,(H,16,17,18). The lowest BCUT2D eigenvalue weighted by molar-refractivity contribution is 0.112. The molecule has 20 heavy (non-hydrogen) atoms. The maximum absolute atomic E-state index is 10.9. The lowest BCUT2D eigenvalue weighted by atomic mass is 10.2. The molecule has 0 aliphatic carbocycles. The fraction of sp³-hybridized carbons (Fsp3) is 0.214. The van der Waals surface area contributed by atoms with Gasteiger partial charge in [-0.2, -0.15) is 0 Å². The Hall–Kier alpha value is -2.14. The van der Waals surface area contributed by atoms with E-state index in [9.17, 15) is 4.79 Å². The zero-order valence-electron chi connectivity index (χ0n) is 11.0. The lowest BCUT2D eigenvalue weighted by Gasteiger charge is -2.10. The molecule has 0 radical (unpaired) electrons. The number of rotatable bonds is 6. The highest BCUT2D eigenvalue weighted by molar-refractivity contribution is 6.32. The Morgan fingerprint density at radius 3 is 3.00 bits per heavy atom. The van der Waals surface area contributed by atoms with Crippen molar-refractivity contribution in [2.45, 2.75) is 6.92 Å². The van der Waals surface area contributed by atoms with E-state index < -0.39 is 0 Å². The summed E-state index contributed by atoms with van der Waals surface area (Å²) in [4.78, 5) is 18.6. The van der Waals surface area contributed by atoms with Crippen LogP contribution in [0.5, 0.6) is 5.75 Å². The number of ether oxygens (including phenoxy) is 1. The second-order valence-corrected chi connectivity index (χ2v) is 4.49. The van der Waals surface area contributed by atoms with E-state index in [1.165, 1.54) is 6.33 Å². The van der Waals surface area contributed by atoms with E-state index >= 15 is 0 Å². The predicted molar refractivity (Wildman–Crippen MR) is 77.6 cm³/mol. The van der Waals surface area contributed by atoms with Crippen LogP contribution in [0.3, 0.4) is 0 Å². The Bertz CT molecular complexity index is 605. The summed E-state index contributed by atoms with van der Waals surface area (Å²) in [7, 11) is 0. The van der Waals surface area contributed by atoms with Crippen molar-refractivity contribution in [3.05, 3.63) is 46.9 Å². The summed E-state index contributed by atoms with van der Waals surface area (Å²) in [5, 5.41) is 3.13. The predicted octanol–water partition coefficient (Wildman–Crippen LogP) is 2.74. The first-order chi connectivity index (χ1) is 9.70. The molecule has 0 fully saturated rings. The minimum absolute atomic E-state index is 0.136. The van der Waals surface area contributed by atoms with Crippen LogP contribution in [0, 0.1) is 6.92 Å². The van der Waals surface area contributed by atoms with E-state index in [0.29, 0.717) is 25.3 Å². The Kier molecular flexibility index (Phi) is 4.90. The number of nitrogens with zero attached hydrogens (tertiary/aromatic N) is 2. The summed E-state index contributed by atoms with van der Waals surface area (Å²) in [6, 6.07) is 7.79. The topological polar surface area (TPSA) is 64.1 Å². The molecule has 0 unspecified atom stereocenters. The first kappa shape index (κ1) is 14.3. The molecule has 1 heterocycles. The number of hydrogen-bond acceptors (Lipinski definition) is 5. The third-order valence-electron chi connectivity index (χ3n) is 2.61. The van der Waals surface area contributed by atoms with Gasteiger partial charge < -0.3 is 10.1 Å². The maximum Gasteiger partial charge on any atom is 0.156 e. The van der Waals surface area contributed by atoms with E-state index in [1.807, 2.05) is 31.2 Å². The van der Waals surface area contributed by atoms with Gasteiger partial charge in [0.15, 0.2) is 6.29 Å². The molecule has 6 heteroatoms. The van der Waals surface area contributed by atoms with Gasteiger partial charge in [0.2, 0.25) is 0 Å². The average molecular weight is 292 g/mol. The quantitative estimate of drug-likeness (QED) is 0.504. The number of aryl methyl sites for hydroxylation is 1. The van der Waals surface area contributed by atoms with Gasteiger partial charge >= 0.3 is 0 Å². The number of benzene rings is 1. The fourth-order valence-corrected chi connectivity index (χ4v) is 1.84. The molecule has 1 N–H and O–H groups in total. The lowest BCUT2D eigenvalue weighted by Crippen LogP contribution is -2.14. The number of aromatic nitrogens is 2. The van der Waals surface area contributed by atoms with E-state index in [-0.39, 0.29) is 10.7 Å². The molecule has 0 amide bonds. The summed E-state index contributed by atoms with van der Waals surface area (Å²) < 4.78 is 5.59. The number of nitrogens with one attached hydrogen (secondary N) is 1. The molecule has 104 valence electrons. The molecule has 0 saturated heterocycles. The van der Waals surface area contributed by atoms with Crippen LogP contribution in [0.4, 0.5) is 5.82 Å². The zero-order chi connectivity index (χ0) is 14.4. The van der Waals surface area contributed by atoms with Crippen molar-refractivity contribution in [1.82, 2.24) is 9.97 Å². The molecular weight excluding hydrogens is 278 g/mol. The Morgan fingerprint density at radius 1 is 1.40 bits per heavy atom. The molecule has 2 rings (SSSR count). The number of anilines is 1. The highest BCUT2D eigenvalue weighted by atomic mass is 35.5. The second-order valence-electron chi connectivity index (χ2n) is 4.14. The van der Waals surface area contributed by atoms with E-state index in [2.05, 4.69) is 15.3 Å². The van der Waals surface area contributed by atoms with E-state index in [4.69, 9.17) is 16.3 Å². The van der Waals surface area contributed by atoms with Crippen molar-refractivity contribution >= 4 is 23.7 Å². The Labute approximate surface area is 122 Å². The van der Waals surface area contributed by atoms with Gasteiger partial charge in [-0.3, -0.25) is 4.79 Å². The Morgan fingerprint density at radius 2 is 2.25 bits per heavy atom. The van der Waals surface area contributed by atoms with Crippen molar-refractivity contribution in [3.63, 3.8) is 0 Å². The number of aldehydes is 1. The summed E-state index contributed by atoms with van der Waals surface area (Å²) in [5.74, 6) is 1.22. The average Bonchev–Trinajstić information content (AvgIpc) is 2.44. The third kappa shape index (κ3) is 3.68.